The Labute approximate surface area is 172 Å². The number of ether oxygens (including phenoxy) is 2. The number of benzene rings is 2. The van der Waals surface area contributed by atoms with Crippen LogP contribution in [0.15, 0.2) is 54.6 Å². The summed E-state index contributed by atoms with van der Waals surface area (Å²) >= 11 is 0. The van der Waals surface area contributed by atoms with Crippen LogP contribution in [0.2, 0.25) is 0 Å². The van der Waals surface area contributed by atoms with Crippen LogP contribution in [0.1, 0.15) is 36.4 Å². The normalized spacial score (nSPS) is 28.6. The molecule has 154 valence electrons. The van der Waals surface area contributed by atoms with Crippen LogP contribution in [-0.4, -0.2) is 32.3 Å². The average Bonchev–Trinajstić information content (AvgIpc) is 2.78. The Bertz CT molecular complexity index is 826. The van der Waals surface area contributed by atoms with E-state index in [1.54, 1.807) is 7.11 Å². The second-order valence-electron chi connectivity index (χ2n) is 8.08. The lowest BCUT2D eigenvalue weighted by molar-refractivity contribution is -0.149. The lowest BCUT2D eigenvalue weighted by Crippen LogP contribution is -2.60. The molecule has 0 spiro atoms. The standard InChI is InChI=1S/C24H30N2O3/c1-28-21-11-7-6-10-18(21)15-25-22-17-12-13-19(24(27)29-2)20(14-17)26-23(22)16-8-4-3-5-9-16/h3-11,17,19-20,22-23,25-26H,12-15H2,1-2H3. The highest BCUT2D eigenvalue weighted by molar-refractivity contribution is 5.73. The Morgan fingerprint density at radius 1 is 1.07 bits per heavy atom. The van der Waals surface area contributed by atoms with E-state index in [1.165, 1.54) is 12.7 Å². The van der Waals surface area contributed by atoms with Gasteiger partial charge in [-0.2, -0.15) is 0 Å². The zero-order valence-electron chi connectivity index (χ0n) is 17.1. The van der Waals surface area contributed by atoms with Crippen molar-refractivity contribution < 1.29 is 14.3 Å². The fourth-order valence-electron chi connectivity index (χ4n) is 5.08. The summed E-state index contributed by atoms with van der Waals surface area (Å²) in [4.78, 5) is 12.3. The summed E-state index contributed by atoms with van der Waals surface area (Å²) in [7, 11) is 3.20. The van der Waals surface area contributed by atoms with Crippen molar-refractivity contribution in [1.82, 2.24) is 10.6 Å². The Balaban J connectivity index is 1.57. The van der Waals surface area contributed by atoms with Gasteiger partial charge in [0, 0.05) is 30.2 Å². The van der Waals surface area contributed by atoms with Crippen molar-refractivity contribution in [3.63, 3.8) is 0 Å². The van der Waals surface area contributed by atoms with Gasteiger partial charge in [-0.1, -0.05) is 48.5 Å². The molecule has 1 saturated carbocycles. The van der Waals surface area contributed by atoms with Gasteiger partial charge in [0.1, 0.15) is 5.75 Å². The molecule has 5 atom stereocenters. The van der Waals surface area contributed by atoms with E-state index < -0.39 is 0 Å². The Hall–Kier alpha value is -2.37. The lowest BCUT2D eigenvalue weighted by Gasteiger charge is -2.49. The van der Waals surface area contributed by atoms with E-state index in [0.29, 0.717) is 5.92 Å². The number of piperidine rings is 1. The van der Waals surface area contributed by atoms with Gasteiger partial charge < -0.3 is 20.1 Å². The predicted octanol–water partition coefficient (Wildman–Crippen LogP) is 3.46. The largest absolute Gasteiger partial charge is 0.496 e. The maximum atomic E-state index is 12.3. The second-order valence-corrected chi connectivity index (χ2v) is 8.08. The third kappa shape index (κ3) is 4.16. The molecule has 4 rings (SSSR count). The van der Waals surface area contributed by atoms with Crippen LogP contribution in [0.25, 0.3) is 0 Å². The summed E-state index contributed by atoms with van der Waals surface area (Å²) in [6, 6.07) is 19.3. The number of esters is 1. The molecule has 2 N–H and O–H groups in total. The van der Waals surface area contributed by atoms with Crippen molar-refractivity contribution in [2.45, 2.75) is 43.9 Å². The molecule has 5 unspecified atom stereocenters. The van der Waals surface area contributed by atoms with Crippen LogP contribution in [0.3, 0.4) is 0 Å². The summed E-state index contributed by atoms with van der Waals surface area (Å²) in [5, 5.41) is 7.60. The number of rotatable bonds is 6. The molecule has 5 heteroatoms. The van der Waals surface area contributed by atoms with Crippen molar-refractivity contribution in [1.29, 1.82) is 0 Å². The number of methoxy groups -OCH3 is 2. The maximum absolute atomic E-state index is 12.3. The van der Waals surface area contributed by atoms with Gasteiger partial charge in [-0.25, -0.2) is 0 Å². The van der Waals surface area contributed by atoms with E-state index in [1.807, 2.05) is 24.3 Å². The van der Waals surface area contributed by atoms with Gasteiger partial charge in [0.15, 0.2) is 0 Å². The molecule has 29 heavy (non-hydrogen) atoms. The molecule has 0 aromatic heterocycles. The Morgan fingerprint density at radius 3 is 2.59 bits per heavy atom. The molecule has 1 aliphatic heterocycles. The van der Waals surface area contributed by atoms with Crippen molar-refractivity contribution >= 4 is 5.97 Å². The molecular weight excluding hydrogens is 364 g/mol. The zero-order chi connectivity index (χ0) is 20.2. The predicted molar refractivity (Wildman–Crippen MR) is 113 cm³/mol. The molecule has 1 heterocycles. The van der Waals surface area contributed by atoms with Gasteiger partial charge in [-0.05, 0) is 36.8 Å². The van der Waals surface area contributed by atoms with Crippen LogP contribution in [0, 0.1) is 11.8 Å². The third-order valence-electron chi connectivity index (χ3n) is 6.53. The van der Waals surface area contributed by atoms with Crippen LogP contribution in [0.5, 0.6) is 5.75 Å². The van der Waals surface area contributed by atoms with Crippen molar-refractivity contribution in [3.05, 3.63) is 65.7 Å². The topological polar surface area (TPSA) is 59.6 Å². The maximum Gasteiger partial charge on any atom is 0.310 e. The molecule has 5 nitrogen and oxygen atoms in total. The van der Waals surface area contributed by atoms with Crippen molar-refractivity contribution in [3.8, 4) is 5.75 Å². The van der Waals surface area contributed by atoms with E-state index in [9.17, 15) is 4.79 Å². The lowest BCUT2D eigenvalue weighted by atomic mass is 9.69. The highest BCUT2D eigenvalue weighted by atomic mass is 16.5. The van der Waals surface area contributed by atoms with Gasteiger partial charge in [-0.15, -0.1) is 0 Å². The van der Waals surface area contributed by atoms with Gasteiger partial charge >= 0.3 is 5.97 Å². The smallest absolute Gasteiger partial charge is 0.310 e. The molecule has 2 aromatic carbocycles. The Kier molecular flexibility index (Phi) is 6.16. The summed E-state index contributed by atoms with van der Waals surface area (Å²) in [6.07, 6.45) is 2.90. The van der Waals surface area contributed by atoms with Crippen molar-refractivity contribution in [2.24, 2.45) is 11.8 Å². The van der Waals surface area contributed by atoms with E-state index >= 15 is 0 Å². The van der Waals surface area contributed by atoms with Gasteiger partial charge in [0.05, 0.1) is 20.1 Å². The van der Waals surface area contributed by atoms with Gasteiger partial charge in [0.25, 0.3) is 0 Å². The molecule has 1 aliphatic carbocycles. The van der Waals surface area contributed by atoms with E-state index in [0.717, 1.165) is 37.1 Å². The quantitative estimate of drug-likeness (QED) is 0.735. The highest BCUT2D eigenvalue weighted by Crippen LogP contribution is 2.41. The molecule has 2 aromatic rings. The van der Waals surface area contributed by atoms with Gasteiger partial charge in [-0.3, -0.25) is 4.79 Å². The summed E-state index contributed by atoms with van der Waals surface area (Å²) in [5.41, 5.74) is 2.41. The number of hydrogen-bond acceptors (Lipinski definition) is 5. The first-order valence-corrected chi connectivity index (χ1v) is 10.5. The zero-order valence-corrected chi connectivity index (χ0v) is 17.1. The fraction of sp³-hybridized carbons (Fsp3) is 0.458. The van der Waals surface area contributed by atoms with E-state index in [2.05, 4.69) is 41.0 Å². The van der Waals surface area contributed by atoms with Gasteiger partial charge in [0.2, 0.25) is 0 Å². The first kappa shape index (κ1) is 19.9. The average molecular weight is 395 g/mol. The molecule has 0 radical (unpaired) electrons. The highest BCUT2D eigenvalue weighted by Gasteiger charge is 2.46. The SMILES string of the molecule is COC(=O)C1CCC2CC1NC(c1ccccc1)C2NCc1ccccc1OC. The molecule has 2 aliphatic rings. The van der Waals surface area contributed by atoms with Crippen LogP contribution in [-0.2, 0) is 16.1 Å². The number of nitrogens with one attached hydrogen (secondary N) is 2. The number of hydrogen-bond donors (Lipinski definition) is 2. The number of para-hydroxylation sites is 1. The van der Waals surface area contributed by atoms with Crippen LogP contribution < -0.4 is 15.4 Å². The number of carbonyl (C=O) groups is 1. The number of carbonyl (C=O) groups excluding carboxylic acids is 1. The summed E-state index contributed by atoms with van der Waals surface area (Å²) < 4.78 is 10.6. The molecule has 2 bridgehead atoms. The minimum absolute atomic E-state index is 0.0578. The van der Waals surface area contributed by atoms with Crippen molar-refractivity contribution in [2.75, 3.05) is 14.2 Å². The van der Waals surface area contributed by atoms with E-state index in [4.69, 9.17) is 9.47 Å². The fourth-order valence-corrected chi connectivity index (χ4v) is 5.08. The molecule has 0 amide bonds. The minimum Gasteiger partial charge on any atom is -0.496 e. The number of fused-ring (bicyclic) bond motifs is 2. The first-order chi connectivity index (χ1) is 14.2. The van der Waals surface area contributed by atoms with Crippen LogP contribution in [0.4, 0.5) is 0 Å². The van der Waals surface area contributed by atoms with E-state index in [-0.39, 0.29) is 30.0 Å². The third-order valence-corrected chi connectivity index (χ3v) is 6.53. The monoisotopic (exact) mass is 394 g/mol. The Morgan fingerprint density at radius 2 is 1.83 bits per heavy atom. The minimum atomic E-state index is -0.0896. The molecule has 2 fully saturated rings. The summed E-state index contributed by atoms with van der Waals surface area (Å²) in [6.45, 7) is 0.751. The summed E-state index contributed by atoms with van der Waals surface area (Å²) in [5.74, 6) is 1.28. The first-order valence-electron chi connectivity index (χ1n) is 10.5. The molecule has 1 saturated heterocycles. The molecular formula is C24H30N2O3. The van der Waals surface area contributed by atoms with Crippen LogP contribution >= 0.6 is 0 Å². The second kappa shape index (κ2) is 8.97.